The Balaban J connectivity index is 1.73. The van der Waals surface area contributed by atoms with Crippen LogP contribution in [0.1, 0.15) is 57.8 Å². The fourth-order valence-corrected chi connectivity index (χ4v) is 3.96. The van der Waals surface area contributed by atoms with E-state index < -0.39 is 23.8 Å². The molecule has 0 amide bonds. The van der Waals surface area contributed by atoms with Crippen LogP contribution < -0.4 is 0 Å². The molecule has 4 unspecified atom stereocenters. The smallest absolute Gasteiger partial charge is 0.307 e. The lowest BCUT2D eigenvalue weighted by atomic mass is 9.78. The van der Waals surface area contributed by atoms with Crippen molar-refractivity contribution in [3.63, 3.8) is 0 Å². The van der Waals surface area contributed by atoms with E-state index >= 15 is 0 Å². The molecule has 2 fully saturated rings. The summed E-state index contributed by atoms with van der Waals surface area (Å²) < 4.78 is 5.74. The highest BCUT2D eigenvalue weighted by atomic mass is 16.5. The van der Waals surface area contributed by atoms with Crippen LogP contribution >= 0.6 is 0 Å². The molecule has 0 saturated heterocycles. The van der Waals surface area contributed by atoms with Crippen LogP contribution in [0, 0.1) is 17.8 Å². The van der Waals surface area contributed by atoms with Crippen LogP contribution in [0.3, 0.4) is 0 Å². The predicted octanol–water partition coefficient (Wildman–Crippen LogP) is 2.29. The van der Waals surface area contributed by atoms with Crippen molar-refractivity contribution in [3.05, 3.63) is 0 Å². The van der Waals surface area contributed by atoms with Gasteiger partial charge in [-0.05, 0) is 44.4 Å². The number of aliphatic hydroxyl groups is 1. The summed E-state index contributed by atoms with van der Waals surface area (Å²) >= 11 is 0. The lowest BCUT2D eigenvalue weighted by molar-refractivity contribution is -0.158. The summed E-state index contributed by atoms with van der Waals surface area (Å²) in [6, 6.07) is 0. The van der Waals surface area contributed by atoms with E-state index in [0.717, 1.165) is 12.8 Å². The molecule has 0 bridgehead atoms. The summed E-state index contributed by atoms with van der Waals surface area (Å²) in [7, 11) is 0. The molecule has 4 atom stereocenters. The van der Waals surface area contributed by atoms with Gasteiger partial charge in [-0.3, -0.25) is 9.59 Å². The van der Waals surface area contributed by atoms with Gasteiger partial charge in [0, 0.05) is 6.61 Å². The Morgan fingerprint density at radius 3 is 2.22 bits per heavy atom. The average Bonchev–Trinajstić information content (AvgIpc) is 2.55. The number of aliphatic hydroxyl groups excluding tert-OH is 1. The quantitative estimate of drug-likeness (QED) is 0.662. The zero-order valence-electron chi connectivity index (χ0n) is 13.5. The van der Waals surface area contributed by atoms with E-state index in [-0.39, 0.29) is 18.6 Å². The van der Waals surface area contributed by atoms with Crippen LogP contribution in [0.5, 0.6) is 0 Å². The SMILES string of the molecule is O=C(O)C1CCC(OCCC(O)C2CCCCC2)CC1C(=O)O. The zero-order valence-corrected chi connectivity index (χ0v) is 13.5. The van der Waals surface area contributed by atoms with E-state index in [1.54, 1.807) is 0 Å². The lowest BCUT2D eigenvalue weighted by Gasteiger charge is -2.32. The molecule has 0 aliphatic heterocycles. The molecule has 2 aliphatic carbocycles. The molecule has 0 radical (unpaired) electrons. The van der Waals surface area contributed by atoms with Gasteiger partial charge < -0.3 is 20.1 Å². The van der Waals surface area contributed by atoms with Gasteiger partial charge in [0.1, 0.15) is 0 Å². The van der Waals surface area contributed by atoms with Crippen LogP contribution in [-0.2, 0) is 14.3 Å². The van der Waals surface area contributed by atoms with Gasteiger partial charge >= 0.3 is 11.9 Å². The van der Waals surface area contributed by atoms with E-state index in [4.69, 9.17) is 9.84 Å². The summed E-state index contributed by atoms with van der Waals surface area (Å²) in [4.78, 5) is 22.4. The molecule has 2 aliphatic rings. The molecule has 2 rings (SSSR count). The number of carboxylic acids is 2. The maximum atomic E-state index is 11.2. The molecule has 23 heavy (non-hydrogen) atoms. The average molecular weight is 328 g/mol. The van der Waals surface area contributed by atoms with Gasteiger partial charge in [-0.25, -0.2) is 0 Å². The van der Waals surface area contributed by atoms with E-state index in [0.29, 0.717) is 31.8 Å². The minimum absolute atomic E-state index is 0.217. The van der Waals surface area contributed by atoms with Crippen molar-refractivity contribution in [3.8, 4) is 0 Å². The Kier molecular flexibility index (Phi) is 6.84. The van der Waals surface area contributed by atoms with Gasteiger partial charge in [0.2, 0.25) is 0 Å². The third kappa shape index (κ3) is 5.18. The normalized spacial score (nSPS) is 30.7. The molecule has 0 aromatic rings. The van der Waals surface area contributed by atoms with E-state index in [9.17, 15) is 19.8 Å². The molecule has 0 heterocycles. The first kappa shape index (κ1) is 18.2. The molecular formula is C17H28O6. The number of hydrogen-bond donors (Lipinski definition) is 3. The van der Waals surface area contributed by atoms with E-state index in [2.05, 4.69) is 0 Å². The first-order chi connectivity index (χ1) is 11.0. The molecular weight excluding hydrogens is 300 g/mol. The lowest BCUT2D eigenvalue weighted by Crippen LogP contribution is -2.38. The predicted molar refractivity (Wildman–Crippen MR) is 83.0 cm³/mol. The number of carbonyl (C=O) groups is 2. The van der Waals surface area contributed by atoms with Crippen molar-refractivity contribution in [2.75, 3.05) is 6.61 Å². The van der Waals surface area contributed by atoms with Gasteiger partial charge in [0.25, 0.3) is 0 Å². The van der Waals surface area contributed by atoms with Gasteiger partial charge in [-0.15, -0.1) is 0 Å². The second-order valence-electron chi connectivity index (χ2n) is 6.95. The summed E-state index contributed by atoms with van der Waals surface area (Å²) in [6.07, 6.45) is 6.92. The molecule has 2 saturated carbocycles. The Bertz CT molecular complexity index is 404. The van der Waals surface area contributed by atoms with Gasteiger partial charge in [0.15, 0.2) is 0 Å². The van der Waals surface area contributed by atoms with Crippen LogP contribution in [0.15, 0.2) is 0 Å². The minimum Gasteiger partial charge on any atom is -0.481 e. The summed E-state index contributed by atoms with van der Waals surface area (Å²) in [6.45, 7) is 0.409. The van der Waals surface area contributed by atoms with Crippen LogP contribution in [0.2, 0.25) is 0 Å². The van der Waals surface area contributed by atoms with Crippen molar-refractivity contribution in [1.29, 1.82) is 0 Å². The second-order valence-corrected chi connectivity index (χ2v) is 6.95. The van der Waals surface area contributed by atoms with Crippen molar-refractivity contribution in [2.45, 2.75) is 70.0 Å². The third-order valence-corrected chi connectivity index (χ3v) is 5.40. The Hall–Kier alpha value is -1.14. The minimum atomic E-state index is -1.06. The number of hydrogen-bond acceptors (Lipinski definition) is 4. The van der Waals surface area contributed by atoms with Crippen molar-refractivity contribution < 1.29 is 29.6 Å². The van der Waals surface area contributed by atoms with Crippen molar-refractivity contribution in [1.82, 2.24) is 0 Å². The monoisotopic (exact) mass is 328 g/mol. The van der Waals surface area contributed by atoms with Gasteiger partial charge in [-0.1, -0.05) is 19.3 Å². The highest BCUT2D eigenvalue weighted by molar-refractivity contribution is 5.80. The maximum absolute atomic E-state index is 11.2. The Morgan fingerprint density at radius 2 is 1.61 bits per heavy atom. The first-order valence-corrected chi connectivity index (χ1v) is 8.74. The molecule has 132 valence electrons. The van der Waals surface area contributed by atoms with Crippen LogP contribution in [0.4, 0.5) is 0 Å². The van der Waals surface area contributed by atoms with E-state index in [1.165, 1.54) is 19.3 Å². The molecule has 6 heteroatoms. The fourth-order valence-electron chi connectivity index (χ4n) is 3.96. The van der Waals surface area contributed by atoms with Crippen LogP contribution in [-0.4, -0.2) is 46.1 Å². The number of carboxylic acid groups (broad SMARTS) is 2. The molecule has 3 N–H and O–H groups in total. The number of aliphatic carboxylic acids is 2. The summed E-state index contributed by atoms with van der Waals surface area (Å²) in [5.41, 5.74) is 0. The molecule has 0 aromatic heterocycles. The fraction of sp³-hybridized carbons (Fsp3) is 0.882. The molecule has 0 spiro atoms. The third-order valence-electron chi connectivity index (χ3n) is 5.40. The Labute approximate surface area is 136 Å². The first-order valence-electron chi connectivity index (χ1n) is 8.74. The summed E-state index contributed by atoms with van der Waals surface area (Å²) in [5, 5.41) is 28.5. The second kappa shape index (κ2) is 8.64. The zero-order chi connectivity index (χ0) is 16.8. The van der Waals surface area contributed by atoms with E-state index in [1.807, 2.05) is 0 Å². The van der Waals surface area contributed by atoms with Crippen molar-refractivity contribution >= 4 is 11.9 Å². The number of ether oxygens (including phenoxy) is 1. The summed E-state index contributed by atoms with van der Waals surface area (Å²) in [5.74, 6) is -3.44. The topological polar surface area (TPSA) is 104 Å². The highest BCUT2D eigenvalue weighted by Crippen LogP contribution is 2.33. The maximum Gasteiger partial charge on any atom is 0.307 e. The van der Waals surface area contributed by atoms with Crippen LogP contribution in [0.25, 0.3) is 0 Å². The number of rotatable bonds is 7. The van der Waals surface area contributed by atoms with Gasteiger partial charge in [0.05, 0.1) is 24.0 Å². The standard InChI is InChI=1S/C17H28O6/c18-15(11-4-2-1-3-5-11)8-9-23-12-6-7-13(16(19)20)14(10-12)17(21)22/h11-15,18H,1-10H2,(H,19,20)(H,21,22). The van der Waals surface area contributed by atoms with Crippen molar-refractivity contribution in [2.24, 2.45) is 17.8 Å². The largest absolute Gasteiger partial charge is 0.481 e. The molecule has 6 nitrogen and oxygen atoms in total. The van der Waals surface area contributed by atoms with Gasteiger partial charge in [-0.2, -0.15) is 0 Å². The Morgan fingerprint density at radius 1 is 0.957 bits per heavy atom. The highest BCUT2D eigenvalue weighted by Gasteiger charge is 2.39. The molecule has 0 aromatic carbocycles.